The number of aromatic nitrogens is 3. The van der Waals surface area contributed by atoms with Crippen LogP contribution in [-0.4, -0.2) is 39.7 Å². The zero-order chi connectivity index (χ0) is 20.6. The van der Waals surface area contributed by atoms with E-state index in [-0.39, 0.29) is 16.4 Å². The Kier molecular flexibility index (Phi) is 5.68. The summed E-state index contributed by atoms with van der Waals surface area (Å²) in [5.74, 6) is -0.786. The number of carbonyl (C=O) groups excluding carboxylic acids is 1. The molecule has 12 heteroatoms. The second-order valence-corrected chi connectivity index (χ2v) is 6.37. The quantitative estimate of drug-likeness (QED) is 0.512. The Bertz CT molecular complexity index is 853. The van der Waals surface area contributed by atoms with Crippen molar-refractivity contribution in [3.8, 4) is 11.4 Å². The number of alkyl halides is 6. The van der Waals surface area contributed by atoms with Crippen LogP contribution in [0.3, 0.4) is 0 Å². The highest BCUT2D eigenvalue weighted by Crippen LogP contribution is 2.38. The number of benzene rings is 1. The molecule has 0 saturated carbocycles. The van der Waals surface area contributed by atoms with Gasteiger partial charge in [-0.25, -0.2) is 9.67 Å². The monoisotopic (exact) mass is 456 g/mol. The molecule has 0 aliphatic heterocycles. The number of halogens is 7. The topological polar surface area (TPSA) is 51.0 Å². The van der Waals surface area contributed by atoms with Gasteiger partial charge in [-0.2, -0.15) is 26.3 Å². The second-order valence-electron chi connectivity index (χ2n) is 5.52. The fourth-order valence-corrected chi connectivity index (χ4v) is 2.50. The molecule has 0 aliphatic carbocycles. The molecule has 1 amide bonds. The Balaban J connectivity index is 2.49. The Morgan fingerprint density at radius 2 is 1.59 bits per heavy atom. The minimum absolute atomic E-state index is 0.0206. The second kappa shape index (κ2) is 7.33. The molecule has 0 spiro atoms. The summed E-state index contributed by atoms with van der Waals surface area (Å²) in [6.45, 7) is 0. The summed E-state index contributed by atoms with van der Waals surface area (Å²) < 4.78 is 78.6. The van der Waals surface area contributed by atoms with Crippen LogP contribution in [0, 0.1) is 0 Å². The summed E-state index contributed by atoms with van der Waals surface area (Å²) in [5.41, 5.74) is -3.40. The molecule has 0 saturated heterocycles. The van der Waals surface area contributed by atoms with Gasteiger partial charge in [0.05, 0.1) is 17.3 Å². The summed E-state index contributed by atoms with van der Waals surface area (Å²) in [4.78, 5) is 16.7. The normalized spacial score (nSPS) is 13.0. The zero-order valence-electron chi connectivity index (χ0n) is 13.7. The van der Waals surface area contributed by atoms with Gasteiger partial charge in [-0.05, 0) is 34.1 Å². The fraction of sp³-hybridized carbons (Fsp3) is 0.267. The molecule has 0 atom stereocenters. The van der Waals surface area contributed by atoms with Crippen LogP contribution >= 0.6 is 15.9 Å². The third-order valence-corrected chi connectivity index (χ3v) is 3.75. The lowest BCUT2D eigenvalue weighted by Crippen LogP contribution is -2.21. The van der Waals surface area contributed by atoms with E-state index in [2.05, 4.69) is 26.0 Å². The molecule has 0 unspecified atom stereocenters. The molecule has 2 rings (SSSR count). The van der Waals surface area contributed by atoms with Crippen molar-refractivity contribution in [2.45, 2.75) is 12.4 Å². The maximum absolute atomic E-state index is 12.9. The molecule has 1 aromatic carbocycles. The molecule has 0 radical (unpaired) electrons. The Morgan fingerprint density at radius 1 is 1.07 bits per heavy atom. The number of carbonyl (C=O) groups is 1. The molecule has 5 nitrogen and oxygen atoms in total. The van der Waals surface area contributed by atoms with E-state index in [9.17, 15) is 31.1 Å². The first-order valence-corrected chi connectivity index (χ1v) is 7.88. The predicted octanol–water partition coefficient (Wildman–Crippen LogP) is 4.26. The van der Waals surface area contributed by atoms with Gasteiger partial charge < -0.3 is 4.90 Å². The van der Waals surface area contributed by atoms with E-state index in [1.165, 1.54) is 25.2 Å². The van der Waals surface area contributed by atoms with Gasteiger partial charge in [0.2, 0.25) is 0 Å². The molecular weight excluding hydrogens is 446 g/mol. The highest BCUT2D eigenvalue weighted by Gasteiger charge is 2.37. The van der Waals surface area contributed by atoms with Crippen LogP contribution in [0.5, 0.6) is 0 Å². The number of amides is 1. The molecule has 0 fully saturated rings. The van der Waals surface area contributed by atoms with E-state index < -0.39 is 35.0 Å². The summed E-state index contributed by atoms with van der Waals surface area (Å²) in [6, 6.07) is 1.07. The highest BCUT2D eigenvalue weighted by molar-refractivity contribution is 9.12. The summed E-state index contributed by atoms with van der Waals surface area (Å²) >= 11 is 3.01. The third kappa shape index (κ3) is 5.08. The summed E-state index contributed by atoms with van der Waals surface area (Å²) in [7, 11) is 2.98. The van der Waals surface area contributed by atoms with Gasteiger partial charge >= 0.3 is 12.4 Å². The molecule has 0 aliphatic rings. The van der Waals surface area contributed by atoms with Crippen molar-refractivity contribution in [3.05, 3.63) is 40.1 Å². The highest BCUT2D eigenvalue weighted by atomic mass is 79.9. The van der Waals surface area contributed by atoms with Crippen LogP contribution in [0.1, 0.15) is 11.1 Å². The molecule has 0 N–H and O–H groups in total. The SMILES string of the molecule is CN(C)C(=O)/C(Br)=C/n1cnc(-c2cc(C(F)(F)F)cc(C(F)(F)F)c2)n1. The minimum Gasteiger partial charge on any atom is -0.344 e. The first-order chi connectivity index (χ1) is 12.3. The van der Waals surface area contributed by atoms with Crippen LogP contribution in [0.2, 0.25) is 0 Å². The van der Waals surface area contributed by atoms with Crippen LogP contribution in [0.4, 0.5) is 26.3 Å². The third-order valence-electron chi connectivity index (χ3n) is 3.21. The van der Waals surface area contributed by atoms with Crippen LogP contribution in [0.25, 0.3) is 17.6 Å². The number of hydrogen-bond donors (Lipinski definition) is 0. The lowest BCUT2D eigenvalue weighted by atomic mass is 10.0. The zero-order valence-corrected chi connectivity index (χ0v) is 15.3. The van der Waals surface area contributed by atoms with E-state index in [4.69, 9.17) is 0 Å². The van der Waals surface area contributed by atoms with E-state index in [0.29, 0.717) is 12.1 Å². The van der Waals surface area contributed by atoms with E-state index in [1.807, 2.05) is 0 Å². The number of nitrogens with zero attached hydrogens (tertiary/aromatic N) is 4. The van der Waals surface area contributed by atoms with Crippen LogP contribution in [0.15, 0.2) is 29.0 Å². The lowest BCUT2D eigenvalue weighted by Gasteiger charge is -2.13. The molecule has 1 aromatic heterocycles. The maximum atomic E-state index is 12.9. The van der Waals surface area contributed by atoms with Crippen molar-refractivity contribution in [3.63, 3.8) is 0 Å². The summed E-state index contributed by atoms with van der Waals surface area (Å²) in [5, 5.41) is 3.80. The van der Waals surface area contributed by atoms with Gasteiger partial charge in [-0.1, -0.05) is 0 Å². The van der Waals surface area contributed by atoms with E-state index >= 15 is 0 Å². The Hall–Kier alpha value is -2.37. The van der Waals surface area contributed by atoms with Crippen molar-refractivity contribution in [1.29, 1.82) is 0 Å². The lowest BCUT2D eigenvalue weighted by molar-refractivity contribution is -0.143. The number of hydrogen-bond acceptors (Lipinski definition) is 3. The van der Waals surface area contributed by atoms with Crippen molar-refractivity contribution in [2.75, 3.05) is 14.1 Å². The molecule has 1 heterocycles. The Labute approximate surface area is 157 Å². The van der Waals surface area contributed by atoms with Crippen LogP contribution in [-0.2, 0) is 17.1 Å². The molecule has 146 valence electrons. The molecule has 2 aromatic rings. The average molecular weight is 457 g/mol. The first kappa shape index (κ1) is 20.9. The molecule has 0 bridgehead atoms. The van der Waals surface area contributed by atoms with Crippen molar-refractivity contribution < 1.29 is 31.1 Å². The Morgan fingerprint density at radius 3 is 2.04 bits per heavy atom. The average Bonchev–Trinajstić information content (AvgIpc) is 3.00. The maximum Gasteiger partial charge on any atom is 0.416 e. The van der Waals surface area contributed by atoms with Crippen molar-refractivity contribution in [2.24, 2.45) is 0 Å². The van der Waals surface area contributed by atoms with Gasteiger partial charge in [0.1, 0.15) is 10.8 Å². The van der Waals surface area contributed by atoms with E-state index in [0.717, 1.165) is 11.0 Å². The first-order valence-electron chi connectivity index (χ1n) is 7.09. The standard InChI is InChI=1S/C15H11BrF6N4O/c1-25(2)13(27)11(16)6-26-7-23-12(24-26)8-3-9(14(17,18)19)5-10(4-8)15(20,21)22/h3-7H,1-2H3/b11-6-. The molecular formula is C15H11BrF6N4O. The van der Waals surface area contributed by atoms with Gasteiger partial charge in [-0.15, -0.1) is 5.10 Å². The van der Waals surface area contributed by atoms with Gasteiger partial charge in [-0.3, -0.25) is 4.79 Å². The largest absolute Gasteiger partial charge is 0.416 e. The van der Waals surface area contributed by atoms with Gasteiger partial charge in [0, 0.05) is 19.7 Å². The fourth-order valence-electron chi connectivity index (χ4n) is 1.94. The smallest absolute Gasteiger partial charge is 0.344 e. The van der Waals surface area contributed by atoms with E-state index in [1.54, 1.807) is 0 Å². The summed E-state index contributed by atoms with van der Waals surface area (Å²) in [6.07, 6.45) is -7.72. The van der Waals surface area contributed by atoms with Gasteiger partial charge in [0.15, 0.2) is 5.82 Å². The predicted molar refractivity (Wildman–Crippen MR) is 87.4 cm³/mol. The molecule has 27 heavy (non-hydrogen) atoms. The number of likely N-dealkylation sites (N-methyl/N-ethyl adjacent to an activating group) is 1. The van der Waals surface area contributed by atoms with Gasteiger partial charge in [0.25, 0.3) is 5.91 Å². The van der Waals surface area contributed by atoms with Crippen molar-refractivity contribution in [1.82, 2.24) is 19.7 Å². The number of rotatable bonds is 3. The minimum atomic E-state index is -4.97. The van der Waals surface area contributed by atoms with Crippen LogP contribution < -0.4 is 0 Å². The van der Waals surface area contributed by atoms with Crippen molar-refractivity contribution >= 4 is 28.0 Å².